The third-order valence-corrected chi connectivity index (χ3v) is 3.76. The molecule has 2 rings (SSSR count). The SMILES string of the molecule is CCNC(=NCC(=O)N1CCCC1)NCC1(C)COC1. The van der Waals surface area contributed by atoms with Gasteiger partial charge in [-0.2, -0.15) is 0 Å². The Morgan fingerprint density at radius 2 is 2.00 bits per heavy atom. The Morgan fingerprint density at radius 3 is 2.55 bits per heavy atom. The van der Waals surface area contributed by atoms with Gasteiger partial charge in [0.1, 0.15) is 6.54 Å². The molecule has 1 amide bonds. The van der Waals surface area contributed by atoms with Crippen LogP contribution in [0.15, 0.2) is 4.99 Å². The van der Waals surface area contributed by atoms with Crippen LogP contribution in [0.2, 0.25) is 0 Å². The van der Waals surface area contributed by atoms with E-state index in [2.05, 4.69) is 22.5 Å². The van der Waals surface area contributed by atoms with Gasteiger partial charge in [0.15, 0.2) is 5.96 Å². The van der Waals surface area contributed by atoms with Crippen LogP contribution in [0.1, 0.15) is 26.7 Å². The molecule has 0 atom stereocenters. The first-order valence-electron chi connectivity index (χ1n) is 7.51. The van der Waals surface area contributed by atoms with Gasteiger partial charge >= 0.3 is 0 Å². The van der Waals surface area contributed by atoms with Crippen molar-refractivity contribution in [3.8, 4) is 0 Å². The van der Waals surface area contributed by atoms with Crippen LogP contribution < -0.4 is 10.6 Å². The molecule has 0 aromatic heterocycles. The minimum absolute atomic E-state index is 0.123. The normalized spacial score (nSPS) is 21.5. The van der Waals surface area contributed by atoms with E-state index in [0.717, 1.165) is 52.2 Å². The van der Waals surface area contributed by atoms with E-state index in [1.54, 1.807) is 0 Å². The Hall–Kier alpha value is -1.30. The van der Waals surface area contributed by atoms with Crippen molar-refractivity contribution in [3.63, 3.8) is 0 Å². The molecule has 114 valence electrons. The highest BCUT2D eigenvalue weighted by Gasteiger charge is 2.33. The number of amides is 1. The number of carbonyl (C=O) groups is 1. The maximum Gasteiger partial charge on any atom is 0.244 e. The summed E-state index contributed by atoms with van der Waals surface area (Å²) in [5.41, 5.74) is 0.190. The van der Waals surface area contributed by atoms with Crippen molar-refractivity contribution in [1.29, 1.82) is 0 Å². The fraction of sp³-hybridized carbons (Fsp3) is 0.857. The van der Waals surface area contributed by atoms with Gasteiger partial charge in [-0.3, -0.25) is 4.79 Å². The topological polar surface area (TPSA) is 66.0 Å². The largest absolute Gasteiger partial charge is 0.380 e. The van der Waals surface area contributed by atoms with Crippen molar-refractivity contribution < 1.29 is 9.53 Å². The lowest BCUT2D eigenvalue weighted by Crippen LogP contribution is -2.51. The van der Waals surface area contributed by atoms with Crippen LogP contribution in [-0.2, 0) is 9.53 Å². The van der Waals surface area contributed by atoms with E-state index < -0.39 is 0 Å². The highest BCUT2D eigenvalue weighted by molar-refractivity contribution is 5.85. The van der Waals surface area contributed by atoms with E-state index in [1.807, 2.05) is 11.8 Å². The van der Waals surface area contributed by atoms with Gasteiger partial charge < -0.3 is 20.3 Å². The van der Waals surface area contributed by atoms with Crippen LogP contribution in [-0.4, -0.2) is 62.7 Å². The lowest BCUT2D eigenvalue weighted by atomic mass is 9.89. The number of nitrogens with one attached hydrogen (secondary N) is 2. The molecule has 6 heteroatoms. The number of likely N-dealkylation sites (tertiary alicyclic amines) is 1. The zero-order valence-corrected chi connectivity index (χ0v) is 12.6. The second-order valence-corrected chi connectivity index (χ2v) is 5.94. The minimum Gasteiger partial charge on any atom is -0.380 e. The summed E-state index contributed by atoms with van der Waals surface area (Å²) in [6.07, 6.45) is 2.23. The smallest absolute Gasteiger partial charge is 0.244 e. The quantitative estimate of drug-likeness (QED) is 0.558. The second kappa shape index (κ2) is 6.92. The standard InChI is InChI=1S/C14H26N4O2/c1-3-15-13(17-9-14(2)10-20-11-14)16-8-12(19)18-6-4-5-7-18/h3-11H2,1-2H3,(H2,15,16,17). The molecule has 0 saturated carbocycles. The molecule has 2 saturated heterocycles. The molecule has 0 spiro atoms. The number of guanidine groups is 1. The number of hydrogen-bond donors (Lipinski definition) is 2. The van der Waals surface area contributed by atoms with Crippen LogP contribution in [0.3, 0.4) is 0 Å². The average molecular weight is 282 g/mol. The fourth-order valence-electron chi connectivity index (χ4n) is 2.40. The highest BCUT2D eigenvalue weighted by atomic mass is 16.5. The maximum absolute atomic E-state index is 12.0. The lowest BCUT2D eigenvalue weighted by Gasteiger charge is -2.38. The minimum atomic E-state index is 0.123. The summed E-state index contributed by atoms with van der Waals surface area (Å²) in [5.74, 6) is 0.839. The van der Waals surface area contributed by atoms with Crippen LogP contribution in [0.25, 0.3) is 0 Å². The Kier molecular flexibility index (Phi) is 5.23. The number of hydrogen-bond acceptors (Lipinski definition) is 3. The van der Waals surface area contributed by atoms with Gasteiger partial charge in [0, 0.05) is 31.6 Å². The maximum atomic E-state index is 12.0. The molecule has 0 radical (unpaired) electrons. The van der Waals surface area contributed by atoms with Crippen molar-refractivity contribution in [2.45, 2.75) is 26.7 Å². The summed E-state index contributed by atoms with van der Waals surface area (Å²) in [6, 6.07) is 0. The molecule has 2 fully saturated rings. The van der Waals surface area contributed by atoms with Gasteiger partial charge in [-0.05, 0) is 19.8 Å². The molecule has 0 aromatic carbocycles. The van der Waals surface area contributed by atoms with Crippen LogP contribution >= 0.6 is 0 Å². The van der Waals surface area contributed by atoms with E-state index >= 15 is 0 Å². The molecule has 0 aromatic rings. The van der Waals surface area contributed by atoms with Gasteiger partial charge in [-0.15, -0.1) is 0 Å². The summed E-state index contributed by atoms with van der Waals surface area (Å²) in [6.45, 7) is 9.37. The summed E-state index contributed by atoms with van der Waals surface area (Å²) in [7, 11) is 0. The second-order valence-electron chi connectivity index (χ2n) is 5.94. The summed E-state index contributed by atoms with van der Waals surface area (Å²) >= 11 is 0. The monoisotopic (exact) mass is 282 g/mol. The van der Waals surface area contributed by atoms with E-state index in [4.69, 9.17) is 4.74 Å². The number of ether oxygens (including phenoxy) is 1. The van der Waals surface area contributed by atoms with Crippen molar-refractivity contribution in [2.75, 3.05) is 45.9 Å². The first-order valence-corrected chi connectivity index (χ1v) is 7.51. The van der Waals surface area contributed by atoms with Crippen molar-refractivity contribution in [2.24, 2.45) is 10.4 Å². The first kappa shape index (κ1) is 15.1. The zero-order valence-electron chi connectivity index (χ0n) is 12.6. The highest BCUT2D eigenvalue weighted by Crippen LogP contribution is 2.24. The van der Waals surface area contributed by atoms with Crippen LogP contribution in [0, 0.1) is 5.41 Å². The number of carbonyl (C=O) groups excluding carboxylic acids is 1. The van der Waals surface area contributed by atoms with Gasteiger partial charge in [-0.25, -0.2) is 4.99 Å². The predicted molar refractivity (Wildman–Crippen MR) is 78.7 cm³/mol. The van der Waals surface area contributed by atoms with E-state index in [1.165, 1.54) is 0 Å². The van der Waals surface area contributed by atoms with Gasteiger partial charge in [0.05, 0.1) is 13.2 Å². The Balaban J connectivity index is 1.79. The van der Waals surface area contributed by atoms with Gasteiger partial charge in [0.25, 0.3) is 0 Å². The van der Waals surface area contributed by atoms with Crippen molar-refractivity contribution in [3.05, 3.63) is 0 Å². The molecule has 2 aliphatic heterocycles. The summed E-state index contributed by atoms with van der Waals surface area (Å²) in [5, 5.41) is 6.47. The van der Waals surface area contributed by atoms with Crippen LogP contribution in [0.4, 0.5) is 0 Å². The third kappa shape index (κ3) is 4.10. The molecule has 2 aliphatic rings. The number of nitrogens with zero attached hydrogens (tertiary/aromatic N) is 2. The molecule has 2 heterocycles. The molecule has 0 bridgehead atoms. The lowest BCUT2D eigenvalue weighted by molar-refractivity contribution is -0.128. The fourth-order valence-corrected chi connectivity index (χ4v) is 2.40. The molecular formula is C14H26N4O2. The van der Waals surface area contributed by atoms with Gasteiger partial charge in [0.2, 0.25) is 5.91 Å². The first-order chi connectivity index (χ1) is 9.63. The number of rotatable bonds is 5. The van der Waals surface area contributed by atoms with Crippen LogP contribution in [0.5, 0.6) is 0 Å². The third-order valence-electron chi connectivity index (χ3n) is 3.76. The molecule has 6 nitrogen and oxygen atoms in total. The Labute approximate surface area is 121 Å². The Morgan fingerprint density at radius 1 is 1.30 bits per heavy atom. The summed E-state index contributed by atoms with van der Waals surface area (Å²) < 4.78 is 5.23. The van der Waals surface area contributed by atoms with E-state index in [-0.39, 0.29) is 17.9 Å². The summed E-state index contributed by atoms with van der Waals surface area (Å²) in [4.78, 5) is 18.2. The van der Waals surface area contributed by atoms with Gasteiger partial charge in [-0.1, -0.05) is 6.92 Å². The molecule has 0 unspecified atom stereocenters. The Bertz CT molecular complexity index is 360. The molecular weight excluding hydrogens is 256 g/mol. The van der Waals surface area contributed by atoms with E-state index in [0.29, 0.717) is 5.96 Å². The zero-order chi connectivity index (χ0) is 14.4. The molecule has 2 N–H and O–H groups in total. The van der Waals surface area contributed by atoms with Crippen molar-refractivity contribution in [1.82, 2.24) is 15.5 Å². The molecule has 0 aliphatic carbocycles. The average Bonchev–Trinajstić information content (AvgIpc) is 2.93. The molecule has 20 heavy (non-hydrogen) atoms. The van der Waals surface area contributed by atoms with E-state index in [9.17, 15) is 4.79 Å². The predicted octanol–water partition coefficient (Wildman–Crippen LogP) is 0.200. The van der Waals surface area contributed by atoms with Crippen molar-refractivity contribution >= 4 is 11.9 Å². The number of aliphatic imine (C=N–C) groups is 1.